The van der Waals surface area contributed by atoms with Gasteiger partial charge >= 0.3 is 23.9 Å². The summed E-state index contributed by atoms with van der Waals surface area (Å²) < 4.78 is 9.21. The standard InChI is InChI=1S/C8H12O5.C8H10O5/c2*1-2-13-7(12)8(6(10)11)3-5(9)4-8/h5,9H,2-4H2,1H3,(H,10,11);2-4H2,1H3,(H,10,11). The maximum Gasteiger partial charge on any atom is 0.324 e. The Hall–Kier alpha value is -2.49. The van der Waals surface area contributed by atoms with Crippen LogP contribution < -0.4 is 0 Å². The van der Waals surface area contributed by atoms with Crippen LogP contribution >= 0.6 is 0 Å². The second kappa shape index (κ2) is 8.26. The molecule has 0 saturated heterocycles. The first kappa shape index (κ1) is 21.6. The molecule has 146 valence electrons. The molecule has 0 aromatic rings. The predicted octanol–water partition coefficient (Wildman–Crippen LogP) is -0.241. The van der Waals surface area contributed by atoms with Gasteiger partial charge in [-0.3, -0.25) is 24.0 Å². The van der Waals surface area contributed by atoms with E-state index in [0.29, 0.717) is 0 Å². The third-order valence-corrected chi connectivity index (χ3v) is 4.32. The lowest BCUT2D eigenvalue weighted by atomic mass is 9.67. The number of aliphatic hydroxyl groups is 1. The Morgan fingerprint density at radius 3 is 1.58 bits per heavy atom. The van der Waals surface area contributed by atoms with Crippen LogP contribution in [0.1, 0.15) is 39.5 Å². The zero-order valence-electron chi connectivity index (χ0n) is 14.5. The Balaban J connectivity index is 0.000000260. The number of aliphatic carboxylic acids is 2. The number of esters is 2. The van der Waals surface area contributed by atoms with E-state index in [2.05, 4.69) is 9.47 Å². The Bertz CT molecular complexity index is 594. The van der Waals surface area contributed by atoms with E-state index < -0.39 is 40.8 Å². The van der Waals surface area contributed by atoms with Gasteiger partial charge in [0, 0.05) is 25.7 Å². The van der Waals surface area contributed by atoms with Gasteiger partial charge in [0.15, 0.2) is 10.8 Å². The SMILES string of the molecule is CCOC(=O)C1(C(=O)O)CC(=O)C1.CCOC(=O)C1(C(=O)O)CC(O)C1. The van der Waals surface area contributed by atoms with Gasteiger partial charge in [-0.2, -0.15) is 0 Å². The minimum atomic E-state index is -1.59. The minimum Gasteiger partial charge on any atom is -0.480 e. The number of hydrogen-bond acceptors (Lipinski definition) is 8. The van der Waals surface area contributed by atoms with Gasteiger partial charge in [0.05, 0.1) is 19.3 Å². The van der Waals surface area contributed by atoms with Crippen molar-refractivity contribution in [2.75, 3.05) is 13.2 Å². The second-order valence-corrected chi connectivity index (χ2v) is 6.17. The fourth-order valence-corrected chi connectivity index (χ4v) is 2.72. The molecule has 10 heteroatoms. The minimum absolute atomic E-state index is 0.0405. The Morgan fingerprint density at radius 1 is 0.923 bits per heavy atom. The van der Waals surface area contributed by atoms with E-state index in [-0.39, 0.29) is 44.7 Å². The molecular formula is C16H22O10. The Morgan fingerprint density at radius 2 is 1.31 bits per heavy atom. The summed E-state index contributed by atoms with van der Waals surface area (Å²) in [5.74, 6) is -4.24. The summed E-state index contributed by atoms with van der Waals surface area (Å²) in [6.45, 7) is 3.49. The third kappa shape index (κ3) is 4.01. The highest BCUT2D eigenvalue weighted by Crippen LogP contribution is 2.42. The van der Waals surface area contributed by atoms with Crippen molar-refractivity contribution >= 4 is 29.7 Å². The molecule has 0 heterocycles. The van der Waals surface area contributed by atoms with Crippen LogP contribution in [-0.4, -0.2) is 64.3 Å². The van der Waals surface area contributed by atoms with Gasteiger partial charge in [-0.1, -0.05) is 0 Å². The molecule has 0 aromatic heterocycles. The highest BCUT2D eigenvalue weighted by molar-refractivity contribution is 6.11. The van der Waals surface area contributed by atoms with Gasteiger partial charge < -0.3 is 24.8 Å². The van der Waals surface area contributed by atoms with Crippen molar-refractivity contribution in [1.82, 2.24) is 0 Å². The molecule has 26 heavy (non-hydrogen) atoms. The summed E-state index contributed by atoms with van der Waals surface area (Å²) in [4.78, 5) is 54.5. The number of rotatable bonds is 6. The average molecular weight is 374 g/mol. The molecule has 2 saturated carbocycles. The summed E-state index contributed by atoms with van der Waals surface area (Å²) in [5.41, 5.74) is -3.08. The highest BCUT2D eigenvalue weighted by atomic mass is 16.5. The molecule has 0 bridgehead atoms. The van der Waals surface area contributed by atoms with Crippen LogP contribution in [0.4, 0.5) is 0 Å². The number of carboxylic acids is 2. The third-order valence-electron chi connectivity index (χ3n) is 4.32. The first-order valence-corrected chi connectivity index (χ1v) is 8.06. The average Bonchev–Trinajstić information content (AvgIpc) is 2.48. The number of hydrogen-bond donors (Lipinski definition) is 3. The number of Topliss-reactive ketones (excluding diaryl/α,β-unsaturated/α-hetero) is 1. The lowest BCUT2D eigenvalue weighted by molar-refractivity contribution is -0.184. The van der Waals surface area contributed by atoms with Gasteiger partial charge in [0.2, 0.25) is 0 Å². The van der Waals surface area contributed by atoms with E-state index in [1.165, 1.54) is 0 Å². The Labute approximate surface area is 149 Å². The molecule has 10 nitrogen and oxygen atoms in total. The lowest BCUT2D eigenvalue weighted by Crippen LogP contribution is -2.53. The Kier molecular flexibility index (Phi) is 6.85. The van der Waals surface area contributed by atoms with Gasteiger partial charge in [0.25, 0.3) is 0 Å². The van der Waals surface area contributed by atoms with Crippen molar-refractivity contribution in [2.45, 2.75) is 45.6 Å². The monoisotopic (exact) mass is 374 g/mol. The molecule has 0 radical (unpaired) electrons. The van der Waals surface area contributed by atoms with Crippen LogP contribution in [-0.2, 0) is 33.4 Å². The lowest BCUT2D eigenvalue weighted by Gasteiger charge is -2.38. The zero-order chi connectivity index (χ0) is 20.1. The maximum absolute atomic E-state index is 11.2. The van der Waals surface area contributed by atoms with Crippen LogP contribution in [0, 0.1) is 10.8 Å². The summed E-state index contributed by atoms with van der Waals surface area (Å²) in [6.07, 6.45) is -1.24. The number of ketones is 1. The van der Waals surface area contributed by atoms with Crippen molar-refractivity contribution in [3.8, 4) is 0 Å². The van der Waals surface area contributed by atoms with Crippen molar-refractivity contribution in [3.63, 3.8) is 0 Å². The quantitative estimate of drug-likeness (QED) is 0.417. The summed E-state index contributed by atoms with van der Waals surface area (Å²) >= 11 is 0. The molecule has 0 amide bonds. The van der Waals surface area contributed by atoms with E-state index in [1.807, 2.05) is 0 Å². The molecule has 0 aliphatic heterocycles. The zero-order valence-corrected chi connectivity index (χ0v) is 14.5. The van der Waals surface area contributed by atoms with Crippen molar-refractivity contribution in [1.29, 1.82) is 0 Å². The fraction of sp³-hybridized carbons (Fsp3) is 0.688. The van der Waals surface area contributed by atoms with E-state index in [4.69, 9.17) is 15.3 Å². The molecule has 0 atom stereocenters. The van der Waals surface area contributed by atoms with E-state index in [0.717, 1.165) is 0 Å². The maximum atomic E-state index is 11.2. The fourth-order valence-electron chi connectivity index (χ4n) is 2.72. The van der Waals surface area contributed by atoms with E-state index in [1.54, 1.807) is 13.8 Å². The molecule has 2 fully saturated rings. The normalized spacial score (nSPS) is 25.5. The predicted molar refractivity (Wildman–Crippen MR) is 82.9 cm³/mol. The van der Waals surface area contributed by atoms with Crippen LogP contribution in [0.3, 0.4) is 0 Å². The molecule has 2 aliphatic carbocycles. The van der Waals surface area contributed by atoms with E-state index >= 15 is 0 Å². The summed E-state index contributed by atoms with van der Waals surface area (Å²) in [7, 11) is 0. The molecule has 0 spiro atoms. The first-order chi connectivity index (χ1) is 12.1. The highest BCUT2D eigenvalue weighted by Gasteiger charge is 2.58. The number of ether oxygens (including phenoxy) is 2. The summed E-state index contributed by atoms with van der Waals surface area (Å²) in [6, 6.07) is 0. The molecule has 0 aromatic carbocycles. The second-order valence-electron chi connectivity index (χ2n) is 6.17. The van der Waals surface area contributed by atoms with Gasteiger partial charge in [-0.15, -0.1) is 0 Å². The number of aliphatic hydroxyl groups excluding tert-OH is 1. The van der Waals surface area contributed by atoms with Crippen molar-refractivity contribution in [3.05, 3.63) is 0 Å². The number of carbonyl (C=O) groups excluding carboxylic acids is 3. The molecule has 0 unspecified atom stereocenters. The molecular weight excluding hydrogens is 352 g/mol. The van der Waals surface area contributed by atoms with Crippen molar-refractivity contribution in [2.24, 2.45) is 10.8 Å². The van der Waals surface area contributed by atoms with Crippen LogP contribution in [0.2, 0.25) is 0 Å². The van der Waals surface area contributed by atoms with Crippen LogP contribution in [0.5, 0.6) is 0 Å². The largest absolute Gasteiger partial charge is 0.480 e. The van der Waals surface area contributed by atoms with Crippen LogP contribution in [0.15, 0.2) is 0 Å². The smallest absolute Gasteiger partial charge is 0.324 e. The molecule has 3 N–H and O–H groups in total. The van der Waals surface area contributed by atoms with Gasteiger partial charge in [0.1, 0.15) is 5.78 Å². The van der Waals surface area contributed by atoms with Gasteiger partial charge in [-0.25, -0.2) is 0 Å². The molecule has 2 rings (SSSR count). The topological polar surface area (TPSA) is 164 Å². The first-order valence-electron chi connectivity index (χ1n) is 8.06. The van der Waals surface area contributed by atoms with Crippen molar-refractivity contribution < 1.29 is 48.8 Å². The van der Waals surface area contributed by atoms with Gasteiger partial charge in [-0.05, 0) is 13.8 Å². The number of carbonyl (C=O) groups is 5. The van der Waals surface area contributed by atoms with E-state index in [9.17, 15) is 24.0 Å². The summed E-state index contributed by atoms with van der Waals surface area (Å²) in [5, 5.41) is 26.5. The number of carboxylic acid groups (broad SMARTS) is 2. The molecule has 2 aliphatic rings. The van der Waals surface area contributed by atoms with Crippen LogP contribution in [0.25, 0.3) is 0 Å².